The third-order valence-electron chi connectivity index (χ3n) is 5.71. The van der Waals surface area contributed by atoms with E-state index < -0.39 is 9.84 Å². The predicted octanol–water partition coefficient (Wildman–Crippen LogP) is 2.55. The number of aliphatic imine (C=N–C) groups is 1. The molecule has 3 rings (SSSR count). The van der Waals surface area contributed by atoms with Gasteiger partial charge in [-0.25, -0.2) is 8.42 Å². The van der Waals surface area contributed by atoms with Crippen molar-refractivity contribution in [2.75, 3.05) is 39.6 Å². The van der Waals surface area contributed by atoms with Crippen molar-refractivity contribution < 1.29 is 13.2 Å². The molecule has 7 heteroatoms. The van der Waals surface area contributed by atoms with Gasteiger partial charge in [0.1, 0.15) is 0 Å². The molecule has 6 nitrogen and oxygen atoms in total. The summed E-state index contributed by atoms with van der Waals surface area (Å²) in [5.74, 6) is 0.768. The van der Waals surface area contributed by atoms with Gasteiger partial charge < -0.3 is 15.4 Å². The Labute approximate surface area is 179 Å². The lowest BCUT2D eigenvalue weighted by molar-refractivity contribution is 0.0514. The van der Waals surface area contributed by atoms with E-state index in [-0.39, 0.29) is 5.41 Å². The minimum atomic E-state index is -3.16. The van der Waals surface area contributed by atoms with Gasteiger partial charge >= 0.3 is 0 Å². The molecular formula is C23H31N3O3S. The molecule has 1 saturated heterocycles. The second-order valence-electron chi connectivity index (χ2n) is 7.78. The van der Waals surface area contributed by atoms with Gasteiger partial charge in [0.25, 0.3) is 0 Å². The highest BCUT2D eigenvalue weighted by atomic mass is 32.2. The molecule has 2 aromatic rings. The average molecular weight is 430 g/mol. The summed E-state index contributed by atoms with van der Waals surface area (Å²) < 4.78 is 28.8. The van der Waals surface area contributed by atoms with E-state index >= 15 is 0 Å². The van der Waals surface area contributed by atoms with E-state index in [1.807, 2.05) is 18.2 Å². The number of hydrogen-bond donors (Lipinski definition) is 2. The first-order chi connectivity index (χ1) is 14.4. The summed E-state index contributed by atoms with van der Waals surface area (Å²) in [6, 6.07) is 17.7. The van der Waals surface area contributed by atoms with E-state index in [0.717, 1.165) is 50.5 Å². The van der Waals surface area contributed by atoms with Crippen molar-refractivity contribution in [2.24, 2.45) is 4.99 Å². The molecule has 1 aliphatic heterocycles. The Bertz CT molecular complexity index is 935. The van der Waals surface area contributed by atoms with Crippen molar-refractivity contribution in [3.05, 3.63) is 65.7 Å². The quantitative estimate of drug-likeness (QED) is 0.522. The van der Waals surface area contributed by atoms with Crippen LogP contribution in [0.15, 0.2) is 64.5 Å². The summed E-state index contributed by atoms with van der Waals surface area (Å²) in [6.45, 7) is 3.04. The molecule has 0 aliphatic carbocycles. The molecule has 2 aromatic carbocycles. The maximum absolute atomic E-state index is 11.6. The Kier molecular flexibility index (Phi) is 7.50. The monoisotopic (exact) mass is 429 g/mol. The maximum Gasteiger partial charge on any atom is 0.191 e. The Morgan fingerprint density at radius 2 is 1.70 bits per heavy atom. The van der Waals surface area contributed by atoms with Gasteiger partial charge in [-0.15, -0.1) is 0 Å². The molecule has 0 atom stereocenters. The maximum atomic E-state index is 11.6. The molecule has 0 aromatic heterocycles. The van der Waals surface area contributed by atoms with Crippen molar-refractivity contribution in [1.82, 2.24) is 10.6 Å². The number of sulfone groups is 1. The van der Waals surface area contributed by atoms with Gasteiger partial charge in [-0.05, 0) is 42.5 Å². The zero-order chi connectivity index (χ0) is 21.5. The molecule has 0 spiro atoms. The molecule has 0 amide bonds. The van der Waals surface area contributed by atoms with Crippen molar-refractivity contribution in [3.8, 4) is 0 Å². The molecule has 0 saturated carbocycles. The van der Waals surface area contributed by atoms with Gasteiger partial charge in [0.2, 0.25) is 0 Å². The van der Waals surface area contributed by atoms with Crippen LogP contribution in [0.5, 0.6) is 0 Å². The Morgan fingerprint density at radius 1 is 1.03 bits per heavy atom. The standard InChI is InChI=1S/C23H31N3O3S/c1-24-22(25-15-12-19-8-10-21(11-9-19)30(2,27)28)26-18-23(13-16-29-17-14-23)20-6-4-3-5-7-20/h3-11H,12-18H2,1-2H3,(H2,24,25,26). The number of guanidine groups is 1. The van der Waals surface area contributed by atoms with Gasteiger partial charge in [-0.3, -0.25) is 4.99 Å². The van der Waals surface area contributed by atoms with Gasteiger partial charge in [0, 0.05) is 45.0 Å². The largest absolute Gasteiger partial charge is 0.381 e. The SMILES string of the molecule is CN=C(NCCc1ccc(S(C)(=O)=O)cc1)NCC1(c2ccccc2)CCOCC1. The van der Waals surface area contributed by atoms with Crippen LogP contribution in [-0.4, -0.2) is 54.0 Å². The number of ether oxygens (including phenoxy) is 1. The number of hydrogen-bond acceptors (Lipinski definition) is 4. The van der Waals surface area contributed by atoms with E-state index in [1.54, 1.807) is 19.2 Å². The minimum absolute atomic E-state index is 0.0403. The van der Waals surface area contributed by atoms with Crippen LogP contribution in [0.1, 0.15) is 24.0 Å². The first-order valence-corrected chi connectivity index (χ1v) is 12.2. The fraction of sp³-hybridized carbons (Fsp3) is 0.435. The second-order valence-corrected chi connectivity index (χ2v) is 9.79. The summed E-state index contributed by atoms with van der Waals surface area (Å²) in [5.41, 5.74) is 2.45. The molecule has 0 bridgehead atoms. The third-order valence-corrected chi connectivity index (χ3v) is 6.84. The molecule has 1 aliphatic rings. The molecule has 2 N–H and O–H groups in total. The summed E-state index contributed by atoms with van der Waals surface area (Å²) in [5, 5.41) is 6.86. The lowest BCUT2D eigenvalue weighted by Crippen LogP contribution is -2.48. The van der Waals surface area contributed by atoms with Crippen molar-refractivity contribution in [2.45, 2.75) is 29.6 Å². The number of nitrogens with one attached hydrogen (secondary N) is 2. The Balaban J connectivity index is 1.55. The van der Waals surface area contributed by atoms with Crippen molar-refractivity contribution in [3.63, 3.8) is 0 Å². The molecule has 162 valence electrons. The smallest absolute Gasteiger partial charge is 0.191 e. The average Bonchev–Trinajstić information content (AvgIpc) is 2.77. The van der Waals surface area contributed by atoms with Crippen LogP contribution in [0, 0.1) is 0 Å². The predicted molar refractivity (Wildman–Crippen MR) is 121 cm³/mol. The summed E-state index contributed by atoms with van der Waals surface area (Å²) in [7, 11) is -1.38. The highest BCUT2D eigenvalue weighted by Gasteiger charge is 2.34. The molecule has 1 heterocycles. The first-order valence-electron chi connectivity index (χ1n) is 10.3. The van der Waals surface area contributed by atoms with E-state index in [2.05, 4.69) is 39.9 Å². The normalized spacial score (nSPS) is 16.8. The van der Waals surface area contributed by atoms with Crippen LogP contribution in [0.3, 0.4) is 0 Å². The van der Waals surface area contributed by atoms with Crippen LogP contribution >= 0.6 is 0 Å². The van der Waals surface area contributed by atoms with E-state index in [0.29, 0.717) is 11.4 Å². The summed E-state index contributed by atoms with van der Waals surface area (Å²) >= 11 is 0. The minimum Gasteiger partial charge on any atom is -0.381 e. The van der Waals surface area contributed by atoms with Gasteiger partial charge in [0.15, 0.2) is 15.8 Å². The van der Waals surface area contributed by atoms with Gasteiger partial charge in [-0.1, -0.05) is 42.5 Å². The van der Waals surface area contributed by atoms with Crippen LogP contribution in [-0.2, 0) is 26.4 Å². The number of benzene rings is 2. The van der Waals surface area contributed by atoms with Crippen molar-refractivity contribution >= 4 is 15.8 Å². The Hall–Kier alpha value is -2.38. The lowest BCUT2D eigenvalue weighted by Gasteiger charge is -2.38. The first kappa shape index (κ1) is 22.3. The fourth-order valence-electron chi connectivity index (χ4n) is 3.82. The molecule has 0 unspecified atom stereocenters. The van der Waals surface area contributed by atoms with Crippen LogP contribution in [0.25, 0.3) is 0 Å². The van der Waals surface area contributed by atoms with E-state index in [1.165, 1.54) is 11.8 Å². The van der Waals surface area contributed by atoms with E-state index in [9.17, 15) is 8.42 Å². The lowest BCUT2D eigenvalue weighted by atomic mass is 9.74. The van der Waals surface area contributed by atoms with Gasteiger partial charge in [-0.2, -0.15) is 0 Å². The van der Waals surface area contributed by atoms with Crippen LogP contribution < -0.4 is 10.6 Å². The van der Waals surface area contributed by atoms with E-state index in [4.69, 9.17) is 4.74 Å². The topological polar surface area (TPSA) is 79.8 Å². The van der Waals surface area contributed by atoms with Crippen molar-refractivity contribution in [1.29, 1.82) is 0 Å². The molecular weight excluding hydrogens is 398 g/mol. The van der Waals surface area contributed by atoms with Crippen LogP contribution in [0.4, 0.5) is 0 Å². The molecule has 30 heavy (non-hydrogen) atoms. The van der Waals surface area contributed by atoms with Gasteiger partial charge in [0.05, 0.1) is 4.90 Å². The zero-order valence-electron chi connectivity index (χ0n) is 17.7. The molecule has 1 fully saturated rings. The second kappa shape index (κ2) is 10.1. The zero-order valence-corrected chi connectivity index (χ0v) is 18.5. The summed E-state index contributed by atoms with van der Waals surface area (Å²) in [4.78, 5) is 4.71. The fourth-order valence-corrected chi connectivity index (χ4v) is 4.45. The number of nitrogens with zero attached hydrogens (tertiary/aromatic N) is 1. The number of rotatable bonds is 7. The highest BCUT2D eigenvalue weighted by molar-refractivity contribution is 7.90. The third kappa shape index (κ3) is 5.83. The highest BCUT2D eigenvalue weighted by Crippen LogP contribution is 2.34. The van der Waals surface area contributed by atoms with Crippen LogP contribution in [0.2, 0.25) is 0 Å². The molecule has 0 radical (unpaired) electrons. The Morgan fingerprint density at radius 3 is 2.30 bits per heavy atom. The summed E-state index contributed by atoms with van der Waals surface area (Å²) in [6.07, 6.45) is 3.96.